The Bertz CT molecular complexity index is 368. The highest BCUT2D eigenvalue weighted by molar-refractivity contribution is 5.92. The Kier molecular flexibility index (Phi) is 3.27. The summed E-state index contributed by atoms with van der Waals surface area (Å²) in [5.74, 6) is 0.828. The van der Waals surface area contributed by atoms with E-state index < -0.39 is 0 Å². The van der Waals surface area contributed by atoms with Gasteiger partial charge in [0.15, 0.2) is 0 Å². The molecule has 0 aliphatic heterocycles. The largest absolute Gasteiger partial charge is 0.340 e. The van der Waals surface area contributed by atoms with Crippen molar-refractivity contribution < 1.29 is 4.79 Å². The van der Waals surface area contributed by atoms with E-state index in [-0.39, 0.29) is 5.91 Å². The molecule has 1 fully saturated rings. The first kappa shape index (κ1) is 11.2. The Morgan fingerprint density at radius 2 is 2.38 bits per heavy atom. The summed E-state index contributed by atoms with van der Waals surface area (Å²) in [7, 11) is 1.88. The third-order valence-corrected chi connectivity index (χ3v) is 2.95. The fourth-order valence-corrected chi connectivity index (χ4v) is 1.87. The van der Waals surface area contributed by atoms with E-state index in [1.807, 2.05) is 11.9 Å². The van der Waals surface area contributed by atoms with Crippen LogP contribution >= 0.6 is 0 Å². The molecule has 1 heterocycles. The van der Waals surface area contributed by atoms with Gasteiger partial charge >= 0.3 is 0 Å². The molecule has 1 aliphatic rings. The minimum absolute atomic E-state index is 0.0952. The molecule has 0 unspecified atom stereocenters. The molecule has 2 rings (SSSR count). The van der Waals surface area contributed by atoms with E-state index in [1.165, 1.54) is 12.8 Å². The lowest BCUT2D eigenvalue weighted by molar-refractivity contribution is 0.0776. The van der Waals surface area contributed by atoms with Gasteiger partial charge in [0.25, 0.3) is 5.91 Å². The number of hydrogen-bond acceptors (Lipinski definition) is 2. The molecule has 88 valence electrons. The standard InChI is InChI=1S/C12H19N3O/c1-3-8-15-11(6-7-13-15)12(16)14(2)9-10-4-5-10/h6-7,10H,3-5,8-9H2,1-2H3. The number of rotatable bonds is 5. The van der Waals surface area contributed by atoms with Crippen molar-refractivity contribution in [2.24, 2.45) is 5.92 Å². The SMILES string of the molecule is CCCn1nccc1C(=O)N(C)CC1CC1. The normalized spacial score (nSPS) is 15.1. The van der Waals surface area contributed by atoms with Crippen LogP contribution in [0.25, 0.3) is 0 Å². The maximum absolute atomic E-state index is 12.1. The molecule has 0 atom stereocenters. The maximum Gasteiger partial charge on any atom is 0.271 e. The Morgan fingerprint density at radius 3 is 3.00 bits per heavy atom. The number of aryl methyl sites for hydroxylation is 1. The van der Waals surface area contributed by atoms with Gasteiger partial charge in [0, 0.05) is 26.3 Å². The van der Waals surface area contributed by atoms with Crippen molar-refractivity contribution in [3.05, 3.63) is 18.0 Å². The van der Waals surface area contributed by atoms with Gasteiger partial charge in [-0.25, -0.2) is 0 Å². The van der Waals surface area contributed by atoms with Crippen molar-refractivity contribution in [3.63, 3.8) is 0 Å². The molecule has 1 amide bonds. The minimum atomic E-state index is 0.0952. The molecule has 1 saturated carbocycles. The summed E-state index contributed by atoms with van der Waals surface area (Å²) in [5, 5.41) is 4.17. The van der Waals surface area contributed by atoms with E-state index in [2.05, 4.69) is 12.0 Å². The van der Waals surface area contributed by atoms with Crippen LogP contribution in [0.5, 0.6) is 0 Å². The monoisotopic (exact) mass is 221 g/mol. The number of aromatic nitrogens is 2. The Hall–Kier alpha value is -1.32. The molecule has 0 aromatic carbocycles. The fourth-order valence-electron chi connectivity index (χ4n) is 1.87. The first-order valence-corrected chi connectivity index (χ1v) is 5.99. The number of carbonyl (C=O) groups excluding carboxylic acids is 1. The minimum Gasteiger partial charge on any atom is -0.340 e. The van der Waals surface area contributed by atoms with Gasteiger partial charge in [-0.05, 0) is 31.2 Å². The summed E-state index contributed by atoms with van der Waals surface area (Å²) >= 11 is 0. The molecule has 0 spiro atoms. The molecule has 1 aromatic heterocycles. The highest BCUT2D eigenvalue weighted by atomic mass is 16.2. The van der Waals surface area contributed by atoms with Crippen LogP contribution in [-0.4, -0.2) is 34.2 Å². The van der Waals surface area contributed by atoms with Gasteiger partial charge in [0.1, 0.15) is 5.69 Å². The topological polar surface area (TPSA) is 38.1 Å². The molecule has 1 aliphatic carbocycles. The first-order valence-electron chi connectivity index (χ1n) is 5.99. The van der Waals surface area contributed by atoms with E-state index in [4.69, 9.17) is 0 Å². The summed E-state index contributed by atoms with van der Waals surface area (Å²) in [6.07, 6.45) is 5.24. The summed E-state index contributed by atoms with van der Waals surface area (Å²) < 4.78 is 1.80. The second kappa shape index (κ2) is 4.68. The Morgan fingerprint density at radius 1 is 1.62 bits per heavy atom. The van der Waals surface area contributed by atoms with Gasteiger partial charge in [0.2, 0.25) is 0 Å². The Balaban J connectivity index is 2.03. The average molecular weight is 221 g/mol. The van der Waals surface area contributed by atoms with Crippen LogP contribution in [0.3, 0.4) is 0 Å². The zero-order valence-corrected chi connectivity index (χ0v) is 10.0. The van der Waals surface area contributed by atoms with Crippen LogP contribution in [0.2, 0.25) is 0 Å². The number of hydrogen-bond donors (Lipinski definition) is 0. The van der Waals surface area contributed by atoms with E-state index >= 15 is 0 Å². The zero-order chi connectivity index (χ0) is 11.5. The third-order valence-electron chi connectivity index (χ3n) is 2.95. The predicted octanol–water partition coefficient (Wildman–Crippen LogP) is 1.78. The average Bonchev–Trinajstić information content (AvgIpc) is 2.95. The predicted molar refractivity (Wildman–Crippen MR) is 62.2 cm³/mol. The number of carbonyl (C=O) groups is 1. The van der Waals surface area contributed by atoms with Crippen molar-refractivity contribution in [3.8, 4) is 0 Å². The number of nitrogens with zero attached hydrogens (tertiary/aromatic N) is 3. The summed E-state index contributed by atoms with van der Waals surface area (Å²) in [4.78, 5) is 14.0. The van der Waals surface area contributed by atoms with Gasteiger partial charge in [-0.2, -0.15) is 5.10 Å². The van der Waals surface area contributed by atoms with E-state index in [0.717, 1.165) is 25.4 Å². The summed E-state index contributed by atoms with van der Waals surface area (Å²) in [6.45, 7) is 3.78. The van der Waals surface area contributed by atoms with Crippen LogP contribution in [-0.2, 0) is 6.54 Å². The lowest BCUT2D eigenvalue weighted by Crippen LogP contribution is -2.30. The third kappa shape index (κ3) is 2.43. The molecule has 0 saturated heterocycles. The molecule has 0 radical (unpaired) electrons. The molecule has 1 aromatic rings. The van der Waals surface area contributed by atoms with Gasteiger partial charge in [-0.15, -0.1) is 0 Å². The van der Waals surface area contributed by atoms with E-state index in [9.17, 15) is 4.79 Å². The quantitative estimate of drug-likeness (QED) is 0.760. The summed E-state index contributed by atoms with van der Waals surface area (Å²) in [6, 6.07) is 1.81. The summed E-state index contributed by atoms with van der Waals surface area (Å²) in [5.41, 5.74) is 0.713. The van der Waals surface area contributed by atoms with Crippen molar-refractivity contribution in [1.29, 1.82) is 0 Å². The lowest BCUT2D eigenvalue weighted by atomic mass is 10.3. The molecule has 4 heteroatoms. The van der Waals surface area contributed by atoms with Gasteiger partial charge < -0.3 is 4.90 Å². The highest BCUT2D eigenvalue weighted by Crippen LogP contribution is 2.29. The van der Waals surface area contributed by atoms with Crippen LogP contribution in [0.15, 0.2) is 12.3 Å². The molecule has 16 heavy (non-hydrogen) atoms. The zero-order valence-electron chi connectivity index (χ0n) is 10.0. The molecule has 4 nitrogen and oxygen atoms in total. The van der Waals surface area contributed by atoms with Crippen molar-refractivity contribution >= 4 is 5.91 Å². The van der Waals surface area contributed by atoms with Gasteiger partial charge in [0.05, 0.1) is 0 Å². The molecular formula is C12H19N3O. The number of amides is 1. The van der Waals surface area contributed by atoms with Crippen molar-refractivity contribution in [2.75, 3.05) is 13.6 Å². The Labute approximate surface area is 96.2 Å². The first-order chi connectivity index (χ1) is 7.72. The maximum atomic E-state index is 12.1. The second-order valence-electron chi connectivity index (χ2n) is 4.57. The van der Waals surface area contributed by atoms with E-state index in [0.29, 0.717) is 5.69 Å². The van der Waals surface area contributed by atoms with Crippen LogP contribution in [0, 0.1) is 5.92 Å². The van der Waals surface area contributed by atoms with E-state index in [1.54, 1.807) is 16.9 Å². The lowest BCUT2D eigenvalue weighted by Gasteiger charge is -2.17. The highest BCUT2D eigenvalue weighted by Gasteiger charge is 2.26. The van der Waals surface area contributed by atoms with Crippen LogP contribution in [0.1, 0.15) is 36.7 Å². The fraction of sp³-hybridized carbons (Fsp3) is 0.667. The molecule has 0 bridgehead atoms. The van der Waals surface area contributed by atoms with Gasteiger partial charge in [-0.1, -0.05) is 6.92 Å². The van der Waals surface area contributed by atoms with Gasteiger partial charge in [-0.3, -0.25) is 9.48 Å². The van der Waals surface area contributed by atoms with Crippen molar-refractivity contribution in [2.45, 2.75) is 32.7 Å². The smallest absolute Gasteiger partial charge is 0.271 e. The molecule has 0 N–H and O–H groups in total. The van der Waals surface area contributed by atoms with Crippen LogP contribution in [0.4, 0.5) is 0 Å². The van der Waals surface area contributed by atoms with Crippen molar-refractivity contribution in [1.82, 2.24) is 14.7 Å². The van der Waals surface area contributed by atoms with Crippen LogP contribution < -0.4 is 0 Å². The second-order valence-corrected chi connectivity index (χ2v) is 4.57. The molecular weight excluding hydrogens is 202 g/mol.